The van der Waals surface area contributed by atoms with Gasteiger partial charge in [-0.1, -0.05) is 20.3 Å². The summed E-state index contributed by atoms with van der Waals surface area (Å²) in [4.78, 5) is 21.7. The number of nitrogens with two attached hydrogens (primary N) is 1. The van der Waals surface area contributed by atoms with Crippen LogP contribution in [0, 0.1) is 5.92 Å². The number of carbonyl (C=O) groups is 2. The number of carboxylic acid groups (broad SMARTS) is 1. The van der Waals surface area contributed by atoms with Crippen molar-refractivity contribution in [1.82, 2.24) is 5.32 Å². The summed E-state index contributed by atoms with van der Waals surface area (Å²) in [5.74, 6) is -0.951. The zero-order valence-corrected chi connectivity index (χ0v) is 9.32. The van der Waals surface area contributed by atoms with Crippen LogP contribution >= 0.6 is 0 Å². The molecule has 4 N–H and O–H groups in total. The third-order valence-corrected chi connectivity index (χ3v) is 2.46. The Labute approximate surface area is 90.0 Å². The summed E-state index contributed by atoms with van der Waals surface area (Å²) in [5.41, 5.74) is 5.10. The first-order valence-electron chi connectivity index (χ1n) is 5.23. The quantitative estimate of drug-likeness (QED) is 0.572. The van der Waals surface area contributed by atoms with E-state index >= 15 is 0 Å². The zero-order valence-electron chi connectivity index (χ0n) is 9.32. The first-order valence-corrected chi connectivity index (χ1v) is 5.23. The van der Waals surface area contributed by atoms with Gasteiger partial charge in [-0.3, -0.25) is 4.79 Å². The molecule has 0 rings (SSSR count). The van der Waals surface area contributed by atoms with E-state index in [-0.39, 0.29) is 6.54 Å². The molecule has 5 heteroatoms. The van der Waals surface area contributed by atoms with Gasteiger partial charge in [-0.05, 0) is 18.8 Å². The average molecular weight is 216 g/mol. The van der Waals surface area contributed by atoms with E-state index in [2.05, 4.69) is 19.2 Å². The normalized spacial score (nSPS) is 14.3. The van der Waals surface area contributed by atoms with E-state index in [0.717, 1.165) is 12.8 Å². The van der Waals surface area contributed by atoms with Gasteiger partial charge in [0.25, 0.3) is 0 Å². The first-order chi connectivity index (χ1) is 7.01. The van der Waals surface area contributed by atoms with Crippen LogP contribution in [0.25, 0.3) is 0 Å². The van der Waals surface area contributed by atoms with E-state index in [4.69, 9.17) is 10.8 Å². The van der Waals surface area contributed by atoms with Crippen LogP contribution in [0.3, 0.4) is 0 Å². The lowest BCUT2D eigenvalue weighted by atomic mass is 9.99. The molecule has 0 aromatic rings. The Balaban J connectivity index is 4.05. The molecule has 2 unspecified atom stereocenters. The van der Waals surface area contributed by atoms with Crippen LogP contribution in [0.15, 0.2) is 0 Å². The Morgan fingerprint density at radius 2 is 2.00 bits per heavy atom. The molecule has 0 fully saturated rings. The van der Waals surface area contributed by atoms with Crippen LogP contribution in [0.2, 0.25) is 0 Å². The molecule has 0 saturated carbocycles. The number of aliphatic carboxylic acids is 1. The standard InChI is InChI=1S/C10H20N2O3/c1-3-7(2)4-5-8(10(14)15)12-9(13)6-11/h7-8H,3-6,11H2,1-2H3,(H,12,13)(H,14,15). The van der Waals surface area contributed by atoms with Crippen molar-refractivity contribution < 1.29 is 14.7 Å². The maximum Gasteiger partial charge on any atom is 0.326 e. The minimum atomic E-state index is -1.000. The van der Waals surface area contributed by atoms with E-state index in [9.17, 15) is 9.59 Å². The molecule has 0 bridgehead atoms. The molecule has 0 heterocycles. The summed E-state index contributed by atoms with van der Waals surface area (Å²) >= 11 is 0. The Bertz CT molecular complexity index is 219. The van der Waals surface area contributed by atoms with Crippen molar-refractivity contribution in [3.63, 3.8) is 0 Å². The fourth-order valence-corrected chi connectivity index (χ4v) is 1.17. The maximum absolute atomic E-state index is 10.9. The van der Waals surface area contributed by atoms with Crippen molar-refractivity contribution >= 4 is 11.9 Å². The lowest BCUT2D eigenvalue weighted by Crippen LogP contribution is -2.43. The van der Waals surface area contributed by atoms with Gasteiger partial charge in [-0.2, -0.15) is 0 Å². The molecule has 0 aliphatic carbocycles. The highest BCUT2D eigenvalue weighted by Crippen LogP contribution is 2.11. The van der Waals surface area contributed by atoms with Crippen molar-refractivity contribution in [1.29, 1.82) is 0 Å². The van der Waals surface area contributed by atoms with Crippen LogP contribution in [0.1, 0.15) is 33.1 Å². The average Bonchev–Trinajstić information content (AvgIpc) is 2.22. The van der Waals surface area contributed by atoms with E-state index < -0.39 is 17.9 Å². The Kier molecular flexibility index (Phi) is 6.70. The molecule has 5 nitrogen and oxygen atoms in total. The second-order valence-corrected chi connectivity index (χ2v) is 3.75. The Morgan fingerprint density at radius 1 is 1.40 bits per heavy atom. The highest BCUT2D eigenvalue weighted by atomic mass is 16.4. The number of carboxylic acids is 1. The second kappa shape index (κ2) is 7.23. The minimum Gasteiger partial charge on any atom is -0.480 e. The number of hydrogen-bond donors (Lipinski definition) is 3. The molecule has 0 aromatic carbocycles. The SMILES string of the molecule is CCC(C)CCC(NC(=O)CN)C(=O)O. The number of nitrogens with one attached hydrogen (secondary N) is 1. The molecule has 0 radical (unpaired) electrons. The Hall–Kier alpha value is -1.10. The highest BCUT2D eigenvalue weighted by molar-refractivity contribution is 5.84. The van der Waals surface area contributed by atoms with Gasteiger partial charge in [-0.25, -0.2) is 4.79 Å². The third-order valence-electron chi connectivity index (χ3n) is 2.46. The van der Waals surface area contributed by atoms with E-state index in [0.29, 0.717) is 12.3 Å². The fraction of sp³-hybridized carbons (Fsp3) is 0.800. The predicted molar refractivity (Wildman–Crippen MR) is 57.3 cm³/mol. The molecule has 0 aliphatic rings. The summed E-state index contributed by atoms with van der Waals surface area (Å²) in [7, 11) is 0. The van der Waals surface area contributed by atoms with E-state index in [1.165, 1.54) is 0 Å². The van der Waals surface area contributed by atoms with Crippen LogP contribution in [-0.2, 0) is 9.59 Å². The Morgan fingerprint density at radius 3 is 2.40 bits per heavy atom. The number of amides is 1. The number of hydrogen-bond acceptors (Lipinski definition) is 3. The van der Waals surface area contributed by atoms with Gasteiger partial charge in [0.2, 0.25) is 5.91 Å². The lowest BCUT2D eigenvalue weighted by Gasteiger charge is -2.15. The zero-order chi connectivity index (χ0) is 11.8. The third kappa shape index (κ3) is 6.06. The summed E-state index contributed by atoms with van der Waals surface area (Å²) in [6.07, 6.45) is 2.26. The molecule has 88 valence electrons. The molecule has 0 spiro atoms. The topological polar surface area (TPSA) is 92.4 Å². The molecule has 0 aromatic heterocycles. The summed E-state index contributed by atoms with van der Waals surface area (Å²) in [6.45, 7) is 3.94. The molecular formula is C10H20N2O3. The van der Waals surface area contributed by atoms with Crippen LogP contribution in [0.4, 0.5) is 0 Å². The van der Waals surface area contributed by atoms with Crippen molar-refractivity contribution in [3.8, 4) is 0 Å². The summed E-state index contributed by atoms with van der Waals surface area (Å²) in [5, 5.41) is 11.2. The summed E-state index contributed by atoms with van der Waals surface area (Å²) in [6, 6.07) is -0.810. The minimum absolute atomic E-state index is 0.174. The van der Waals surface area contributed by atoms with Crippen LogP contribution < -0.4 is 11.1 Å². The number of carbonyl (C=O) groups excluding carboxylic acids is 1. The second-order valence-electron chi connectivity index (χ2n) is 3.75. The highest BCUT2D eigenvalue weighted by Gasteiger charge is 2.19. The van der Waals surface area contributed by atoms with Gasteiger partial charge in [0.05, 0.1) is 6.54 Å². The van der Waals surface area contributed by atoms with Crippen molar-refractivity contribution in [2.75, 3.05) is 6.54 Å². The molecule has 15 heavy (non-hydrogen) atoms. The summed E-state index contributed by atoms with van der Waals surface area (Å²) < 4.78 is 0. The van der Waals surface area contributed by atoms with Crippen molar-refractivity contribution in [2.24, 2.45) is 11.7 Å². The molecule has 1 amide bonds. The van der Waals surface area contributed by atoms with Gasteiger partial charge < -0.3 is 16.2 Å². The molecule has 0 saturated heterocycles. The van der Waals surface area contributed by atoms with Gasteiger partial charge >= 0.3 is 5.97 Å². The van der Waals surface area contributed by atoms with Crippen molar-refractivity contribution in [3.05, 3.63) is 0 Å². The van der Waals surface area contributed by atoms with Gasteiger partial charge in [0.15, 0.2) is 0 Å². The molecular weight excluding hydrogens is 196 g/mol. The van der Waals surface area contributed by atoms with E-state index in [1.807, 2.05) is 0 Å². The van der Waals surface area contributed by atoms with Gasteiger partial charge in [0.1, 0.15) is 6.04 Å². The lowest BCUT2D eigenvalue weighted by molar-refractivity contribution is -0.141. The molecule has 2 atom stereocenters. The monoisotopic (exact) mass is 216 g/mol. The molecule has 0 aliphatic heterocycles. The van der Waals surface area contributed by atoms with Crippen LogP contribution in [-0.4, -0.2) is 29.6 Å². The van der Waals surface area contributed by atoms with Crippen LogP contribution in [0.5, 0.6) is 0 Å². The smallest absolute Gasteiger partial charge is 0.326 e. The maximum atomic E-state index is 10.9. The number of rotatable bonds is 7. The fourth-order valence-electron chi connectivity index (χ4n) is 1.17. The van der Waals surface area contributed by atoms with Gasteiger partial charge in [-0.15, -0.1) is 0 Å². The van der Waals surface area contributed by atoms with Crippen molar-refractivity contribution in [2.45, 2.75) is 39.2 Å². The van der Waals surface area contributed by atoms with E-state index in [1.54, 1.807) is 0 Å². The first kappa shape index (κ1) is 13.9. The van der Waals surface area contributed by atoms with Gasteiger partial charge in [0, 0.05) is 0 Å². The largest absolute Gasteiger partial charge is 0.480 e. The predicted octanol–water partition coefficient (Wildman–Crippen LogP) is 0.341.